The van der Waals surface area contributed by atoms with Crippen LogP contribution < -0.4 is 15.4 Å². The highest BCUT2D eigenvalue weighted by atomic mass is 16.5. The second kappa shape index (κ2) is 8.72. The van der Waals surface area contributed by atoms with E-state index in [0.717, 1.165) is 17.0 Å². The number of carbonyl (C=O) groups is 1. The number of nitrogens with one attached hydrogen (secondary N) is 2. The van der Waals surface area contributed by atoms with Gasteiger partial charge in [0.25, 0.3) is 0 Å². The normalized spacial score (nSPS) is 10.2. The SMILES string of the molecule is Cc1ccc(CNC(=O)CNc2ccccc2Oc2ccccc2)cc1. The van der Waals surface area contributed by atoms with Gasteiger partial charge in [-0.3, -0.25) is 4.79 Å². The van der Waals surface area contributed by atoms with E-state index in [-0.39, 0.29) is 12.5 Å². The molecular formula is C22H22N2O2. The number of hydrogen-bond donors (Lipinski definition) is 2. The molecule has 0 atom stereocenters. The molecule has 0 aromatic heterocycles. The van der Waals surface area contributed by atoms with E-state index in [1.807, 2.05) is 85.8 Å². The van der Waals surface area contributed by atoms with Gasteiger partial charge in [-0.05, 0) is 36.8 Å². The topological polar surface area (TPSA) is 50.4 Å². The molecule has 0 saturated carbocycles. The molecule has 0 aliphatic heterocycles. The first kappa shape index (κ1) is 17.5. The van der Waals surface area contributed by atoms with Crippen molar-refractivity contribution in [1.82, 2.24) is 5.32 Å². The van der Waals surface area contributed by atoms with Crippen molar-refractivity contribution in [3.8, 4) is 11.5 Å². The maximum atomic E-state index is 12.1. The summed E-state index contributed by atoms with van der Waals surface area (Å²) in [7, 11) is 0. The van der Waals surface area contributed by atoms with Crippen molar-refractivity contribution in [2.45, 2.75) is 13.5 Å². The Kier molecular flexibility index (Phi) is 5.88. The van der Waals surface area contributed by atoms with Crippen LogP contribution >= 0.6 is 0 Å². The zero-order chi connectivity index (χ0) is 18.2. The van der Waals surface area contributed by atoms with Gasteiger partial charge in [0, 0.05) is 6.54 Å². The van der Waals surface area contributed by atoms with Gasteiger partial charge in [0.1, 0.15) is 5.75 Å². The Balaban J connectivity index is 1.54. The second-order valence-corrected chi connectivity index (χ2v) is 6.03. The predicted octanol–water partition coefficient (Wildman–Crippen LogP) is 4.52. The molecule has 3 aromatic carbocycles. The lowest BCUT2D eigenvalue weighted by Gasteiger charge is -2.13. The molecule has 1 amide bonds. The van der Waals surface area contributed by atoms with Crippen LogP contribution in [0, 0.1) is 6.92 Å². The van der Waals surface area contributed by atoms with E-state index in [4.69, 9.17) is 4.74 Å². The van der Waals surface area contributed by atoms with Gasteiger partial charge >= 0.3 is 0 Å². The summed E-state index contributed by atoms with van der Waals surface area (Å²) in [6, 6.07) is 25.3. The summed E-state index contributed by atoms with van der Waals surface area (Å²) in [6.45, 7) is 2.74. The van der Waals surface area contributed by atoms with Crippen molar-refractivity contribution in [1.29, 1.82) is 0 Å². The Morgan fingerprint density at radius 3 is 2.35 bits per heavy atom. The minimum absolute atomic E-state index is 0.0694. The predicted molar refractivity (Wildman–Crippen MR) is 104 cm³/mol. The number of carbonyl (C=O) groups excluding carboxylic acids is 1. The first-order valence-corrected chi connectivity index (χ1v) is 8.59. The molecule has 0 aliphatic rings. The summed E-state index contributed by atoms with van der Waals surface area (Å²) < 4.78 is 5.89. The summed E-state index contributed by atoms with van der Waals surface area (Å²) in [5.41, 5.74) is 3.07. The van der Waals surface area contributed by atoms with E-state index in [1.54, 1.807) is 0 Å². The molecule has 0 heterocycles. The second-order valence-electron chi connectivity index (χ2n) is 6.03. The van der Waals surface area contributed by atoms with Gasteiger partial charge in [0.2, 0.25) is 5.91 Å². The van der Waals surface area contributed by atoms with Crippen LogP contribution in [-0.2, 0) is 11.3 Å². The maximum Gasteiger partial charge on any atom is 0.239 e. The van der Waals surface area contributed by atoms with Gasteiger partial charge in [-0.15, -0.1) is 0 Å². The molecule has 3 aromatic rings. The van der Waals surface area contributed by atoms with Crippen molar-refractivity contribution in [2.24, 2.45) is 0 Å². The highest BCUT2D eigenvalue weighted by Crippen LogP contribution is 2.28. The molecule has 2 N–H and O–H groups in total. The first-order chi connectivity index (χ1) is 12.7. The molecule has 132 valence electrons. The molecule has 26 heavy (non-hydrogen) atoms. The van der Waals surface area contributed by atoms with Gasteiger partial charge < -0.3 is 15.4 Å². The van der Waals surface area contributed by atoms with Crippen LogP contribution in [-0.4, -0.2) is 12.5 Å². The molecule has 4 nitrogen and oxygen atoms in total. The lowest BCUT2D eigenvalue weighted by molar-refractivity contribution is -0.119. The fraction of sp³-hybridized carbons (Fsp3) is 0.136. The first-order valence-electron chi connectivity index (χ1n) is 8.59. The number of anilines is 1. The molecule has 0 unspecified atom stereocenters. The average molecular weight is 346 g/mol. The Bertz CT molecular complexity index is 846. The lowest BCUT2D eigenvalue weighted by Crippen LogP contribution is -2.29. The monoisotopic (exact) mass is 346 g/mol. The van der Waals surface area contributed by atoms with Crippen molar-refractivity contribution >= 4 is 11.6 Å². The molecule has 0 saturated heterocycles. The summed E-state index contributed by atoms with van der Waals surface area (Å²) in [6.07, 6.45) is 0. The van der Waals surface area contributed by atoms with Crippen LogP contribution in [0.3, 0.4) is 0 Å². The van der Waals surface area contributed by atoms with E-state index in [9.17, 15) is 4.79 Å². The third-order valence-electron chi connectivity index (χ3n) is 3.91. The standard InChI is InChI=1S/C22H22N2O2/c1-17-11-13-18(14-12-17)15-24-22(25)16-23-20-9-5-6-10-21(20)26-19-7-3-2-4-8-19/h2-14,23H,15-16H2,1H3,(H,24,25). The summed E-state index contributed by atoms with van der Waals surface area (Å²) in [5.74, 6) is 1.37. The molecule has 0 fully saturated rings. The molecule has 4 heteroatoms. The molecule has 0 radical (unpaired) electrons. The lowest BCUT2D eigenvalue weighted by atomic mass is 10.1. The zero-order valence-corrected chi connectivity index (χ0v) is 14.7. The third kappa shape index (κ3) is 5.11. The van der Waals surface area contributed by atoms with E-state index in [1.165, 1.54) is 5.56 Å². The Morgan fingerprint density at radius 1 is 0.885 bits per heavy atom. The van der Waals surface area contributed by atoms with Gasteiger partial charge in [0.15, 0.2) is 5.75 Å². The third-order valence-corrected chi connectivity index (χ3v) is 3.91. The summed E-state index contributed by atoms with van der Waals surface area (Å²) in [5, 5.41) is 6.06. The van der Waals surface area contributed by atoms with Gasteiger partial charge in [-0.1, -0.05) is 60.2 Å². The number of ether oxygens (including phenoxy) is 1. The van der Waals surface area contributed by atoms with Crippen LogP contribution in [0.1, 0.15) is 11.1 Å². The molecule has 3 rings (SSSR count). The van der Waals surface area contributed by atoms with E-state index in [0.29, 0.717) is 12.3 Å². The summed E-state index contributed by atoms with van der Waals surface area (Å²) >= 11 is 0. The highest BCUT2D eigenvalue weighted by molar-refractivity contribution is 5.81. The summed E-state index contributed by atoms with van der Waals surface area (Å²) in [4.78, 5) is 12.1. The van der Waals surface area contributed by atoms with Crippen molar-refractivity contribution < 1.29 is 9.53 Å². The number of rotatable bonds is 7. The van der Waals surface area contributed by atoms with Gasteiger partial charge in [0.05, 0.1) is 12.2 Å². The number of amides is 1. The van der Waals surface area contributed by atoms with E-state index in [2.05, 4.69) is 10.6 Å². The van der Waals surface area contributed by atoms with Crippen molar-refractivity contribution in [3.63, 3.8) is 0 Å². The number of aryl methyl sites for hydroxylation is 1. The van der Waals surface area contributed by atoms with Gasteiger partial charge in [-0.25, -0.2) is 0 Å². The maximum absolute atomic E-state index is 12.1. The van der Waals surface area contributed by atoms with Crippen LogP contribution in [0.15, 0.2) is 78.9 Å². The molecule has 0 spiro atoms. The van der Waals surface area contributed by atoms with Crippen LogP contribution in [0.4, 0.5) is 5.69 Å². The van der Waals surface area contributed by atoms with Crippen LogP contribution in [0.5, 0.6) is 11.5 Å². The minimum atomic E-state index is -0.0694. The van der Waals surface area contributed by atoms with Crippen molar-refractivity contribution in [2.75, 3.05) is 11.9 Å². The number of hydrogen-bond acceptors (Lipinski definition) is 3. The molecular weight excluding hydrogens is 324 g/mol. The number of para-hydroxylation sites is 3. The van der Waals surface area contributed by atoms with Crippen LogP contribution in [0.2, 0.25) is 0 Å². The minimum Gasteiger partial charge on any atom is -0.455 e. The number of benzene rings is 3. The zero-order valence-electron chi connectivity index (χ0n) is 14.7. The van der Waals surface area contributed by atoms with Gasteiger partial charge in [-0.2, -0.15) is 0 Å². The molecule has 0 aliphatic carbocycles. The van der Waals surface area contributed by atoms with E-state index < -0.39 is 0 Å². The Morgan fingerprint density at radius 2 is 1.58 bits per heavy atom. The Hall–Kier alpha value is -3.27. The quantitative estimate of drug-likeness (QED) is 0.661. The average Bonchev–Trinajstić information content (AvgIpc) is 2.68. The van der Waals surface area contributed by atoms with E-state index >= 15 is 0 Å². The largest absolute Gasteiger partial charge is 0.455 e. The molecule has 0 bridgehead atoms. The smallest absolute Gasteiger partial charge is 0.239 e. The highest BCUT2D eigenvalue weighted by Gasteiger charge is 2.06. The van der Waals surface area contributed by atoms with Crippen LogP contribution in [0.25, 0.3) is 0 Å². The fourth-order valence-corrected chi connectivity index (χ4v) is 2.46. The Labute approximate surface area is 153 Å². The van der Waals surface area contributed by atoms with Crippen molar-refractivity contribution in [3.05, 3.63) is 90.0 Å². The fourth-order valence-electron chi connectivity index (χ4n) is 2.46.